The highest BCUT2D eigenvalue weighted by atomic mass is 16.6. The van der Waals surface area contributed by atoms with Gasteiger partial charge in [0.25, 0.3) is 0 Å². The third-order valence-corrected chi connectivity index (χ3v) is 6.26. The zero-order valence-corrected chi connectivity index (χ0v) is 30.1. The van der Waals surface area contributed by atoms with Crippen LogP contribution in [0.2, 0.25) is 0 Å². The van der Waals surface area contributed by atoms with Gasteiger partial charge in [-0.1, -0.05) is 0 Å². The van der Waals surface area contributed by atoms with Crippen LogP contribution in [0.5, 0.6) is 0 Å². The average molecular weight is 761 g/mol. The SMILES string of the molecule is NCCOCCOCCOCCOCCOCCOCCOCCOCCC(=O)NC(COCCC(=O)O)(COCCC(=O)O)COCCC(=O)O. The lowest BCUT2D eigenvalue weighted by Gasteiger charge is -2.34. The fourth-order valence-electron chi connectivity index (χ4n) is 3.76. The van der Waals surface area contributed by atoms with Crippen molar-refractivity contribution in [1.82, 2.24) is 5.32 Å². The first-order valence-corrected chi connectivity index (χ1v) is 17.2. The molecule has 0 aromatic rings. The fraction of sp³-hybridized carbons (Fsp3) is 0.875. The topological polar surface area (TPSA) is 269 Å². The summed E-state index contributed by atoms with van der Waals surface area (Å²) in [7, 11) is 0. The second-order valence-corrected chi connectivity index (χ2v) is 10.9. The molecule has 0 saturated carbocycles. The van der Waals surface area contributed by atoms with E-state index in [0.29, 0.717) is 92.4 Å². The van der Waals surface area contributed by atoms with Crippen molar-refractivity contribution in [3.63, 3.8) is 0 Å². The monoisotopic (exact) mass is 760 g/mol. The van der Waals surface area contributed by atoms with E-state index in [1.165, 1.54) is 0 Å². The van der Waals surface area contributed by atoms with Crippen LogP contribution in [-0.2, 0) is 71.3 Å². The highest BCUT2D eigenvalue weighted by Gasteiger charge is 2.34. The van der Waals surface area contributed by atoms with Crippen LogP contribution in [-0.4, -0.2) is 197 Å². The Balaban J connectivity index is 4.05. The van der Waals surface area contributed by atoms with E-state index < -0.39 is 29.4 Å². The molecule has 0 bridgehead atoms. The molecule has 0 aliphatic heterocycles. The van der Waals surface area contributed by atoms with Crippen molar-refractivity contribution < 1.29 is 86.6 Å². The molecule has 0 fully saturated rings. The molecule has 52 heavy (non-hydrogen) atoms. The Labute approximate surface area is 304 Å². The van der Waals surface area contributed by atoms with Crippen LogP contribution in [0.15, 0.2) is 0 Å². The summed E-state index contributed by atoms with van der Waals surface area (Å²) in [5.74, 6) is -3.72. The van der Waals surface area contributed by atoms with Gasteiger partial charge in [0.1, 0.15) is 5.54 Å². The van der Waals surface area contributed by atoms with Crippen LogP contribution in [0.3, 0.4) is 0 Å². The largest absolute Gasteiger partial charge is 0.481 e. The number of nitrogens with one attached hydrogen (secondary N) is 1. The molecule has 0 aromatic heterocycles. The van der Waals surface area contributed by atoms with Crippen LogP contribution in [0.1, 0.15) is 25.7 Å². The summed E-state index contributed by atoms with van der Waals surface area (Å²) in [6.45, 7) is 5.69. The number of hydrogen-bond acceptors (Lipinski definition) is 16. The Morgan fingerprint density at radius 2 is 0.635 bits per heavy atom. The maximum Gasteiger partial charge on any atom is 0.305 e. The van der Waals surface area contributed by atoms with Crippen molar-refractivity contribution in [1.29, 1.82) is 0 Å². The number of amides is 1. The number of carboxylic acid groups (broad SMARTS) is 3. The van der Waals surface area contributed by atoms with E-state index in [0.717, 1.165) is 0 Å². The minimum atomic E-state index is -1.35. The van der Waals surface area contributed by atoms with E-state index in [-0.39, 0.29) is 85.1 Å². The minimum absolute atomic E-state index is 0.0525. The van der Waals surface area contributed by atoms with Gasteiger partial charge in [-0.05, 0) is 0 Å². The molecular formula is C32H60N2O18. The summed E-state index contributed by atoms with van der Waals surface area (Å²) in [6, 6.07) is 0. The zero-order valence-electron chi connectivity index (χ0n) is 30.1. The number of hydrogen-bond donors (Lipinski definition) is 5. The second-order valence-electron chi connectivity index (χ2n) is 10.9. The van der Waals surface area contributed by atoms with Gasteiger partial charge >= 0.3 is 17.9 Å². The molecule has 0 aliphatic carbocycles. The average Bonchev–Trinajstić information content (AvgIpc) is 3.10. The Morgan fingerprint density at radius 3 is 0.904 bits per heavy atom. The molecule has 0 rings (SSSR count). The number of carbonyl (C=O) groups is 4. The van der Waals surface area contributed by atoms with Crippen LogP contribution < -0.4 is 11.1 Å². The van der Waals surface area contributed by atoms with Crippen molar-refractivity contribution in [3.8, 4) is 0 Å². The van der Waals surface area contributed by atoms with Crippen LogP contribution in [0, 0.1) is 0 Å². The number of aliphatic carboxylic acids is 3. The van der Waals surface area contributed by atoms with Gasteiger partial charge in [0, 0.05) is 13.0 Å². The maximum atomic E-state index is 12.8. The highest BCUT2D eigenvalue weighted by molar-refractivity contribution is 5.77. The van der Waals surface area contributed by atoms with Crippen molar-refractivity contribution in [2.75, 3.05) is 152 Å². The molecule has 6 N–H and O–H groups in total. The van der Waals surface area contributed by atoms with E-state index in [4.69, 9.17) is 73.2 Å². The van der Waals surface area contributed by atoms with Crippen LogP contribution >= 0.6 is 0 Å². The molecule has 0 spiro atoms. The molecule has 0 heterocycles. The van der Waals surface area contributed by atoms with Gasteiger partial charge in [0.05, 0.1) is 165 Å². The summed E-state index contributed by atoms with van der Waals surface area (Å²) in [5.41, 5.74) is 3.98. The van der Waals surface area contributed by atoms with Gasteiger partial charge < -0.3 is 78.5 Å². The normalized spacial score (nSPS) is 11.6. The Hall–Kier alpha value is -2.60. The summed E-state index contributed by atoms with van der Waals surface area (Å²) in [6.07, 6.45) is -0.939. The molecule has 0 saturated heterocycles. The van der Waals surface area contributed by atoms with Crippen molar-refractivity contribution in [2.45, 2.75) is 31.2 Å². The van der Waals surface area contributed by atoms with Crippen molar-refractivity contribution >= 4 is 23.8 Å². The number of rotatable bonds is 42. The third kappa shape index (κ3) is 35.8. The number of carboxylic acids is 3. The molecule has 306 valence electrons. The van der Waals surface area contributed by atoms with Crippen LogP contribution in [0.25, 0.3) is 0 Å². The standard InChI is InChI=1S/C32H60N2O18/c33-5-10-43-12-14-45-16-18-47-20-22-49-24-23-48-21-19-46-17-15-44-13-11-42-6-1-28(35)34-32(25-50-7-2-29(36)37,26-51-8-3-30(38)39)27-52-9-4-31(40)41/h1-27,33H2,(H,34,35)(H,36,37)(H,38,39)(H,40,41). The van der Waals surface area contributed by atoms with E-state index in [9.17, 15) is 19.2 Å². The predicted molar refractivity (Wildman–Crippen MR) is 180 cm³/mol. The van der Waals surface area contributed by atoms with Gasteiger partial charge in [-0.15, -0.1) is 0 Å². The summed E-state index contributed by atoms with van der Waals surface area (Å²) in [5, 5.41) is 29.4. The molecule has 20 heteroatoms. The Morgan fingerprint density at radius 1 is 0.385 bits per heavy atom. The van der Waals surface area contributed by atoms with E-state index in [1.807, 2.05) is 0 Å². The van der Waals surface area contributed by atoms with Gasteiger partial charge in [0.2, 0.25) is 5.91 Å². The maximum absolute atomic E-state index is 12.8. The first-order valence-electron chi connectivity index (χ1n) is 17.2. The lowest BCUT2D eigenvalue weighted by molar-refractivity contribution is -0.140. The van der Waals surface area contributed by atoms with E-state index in [1.54, 1.807) is 0 Å². The lowest BCUT2D eigenvalue weighted by Crippen LogP contribution is -2.59. The highest BCUT2D eigenvalue weighted by Crippen LogP contribution is 2.11. The number of carbonyl (C=O) groups excluding carboxylic acids is 1. The van der Waals surface area contributed by atoms with Crippen molar-refractivity contribution in [3.05, 3.63) is 0 Å². The lowest BCUT2D eigenvalue weighted by atomic mass is 10.0. The van der Waals surface area contributed by atoms with Gasteiger partial charge in [-0.2, -0.15) is 0 Å². The smallest absolute Gasteiger partial charge is 0.305 e. The Kier molecular flexibility index (Phi) is 34.9. The minimum Gasteiger partial charge on any atom is -0.481 e. The molecular weight excluding hydrogens is 700 g/mol. The molecule has 20 nitrogen and oxygen atoms in total. The zero-order chi connectivity index (χ0) is 38.4. The number of nitrogens with two attached hydrogens (primary N) is 1. The van der Waals surface area contributed by atoms with E-state index in [2.05, 4.69) is 5.32 Å². The van der Waals surface area contributed by atoms with Crippen LogP contribution in [0.4, 0.5) is 0 Å². The summed E-state index contributed by atoms with van der Waals surface area (Å²) < 4.78 is 59.6. The van der Waals surface area contributed by atoms with Gasteiger partial charge in [0.15, 0.2) is 0 Å². The van der Waals surface area contributed by atoms with E-state index >= 15 is 0 Å². The summed E-state index contributed by atoms with van der Waals surface area (Å²) in [4.78, 5) is 45.4. The number of ether oxygens (including phenoxy) is 11. The first-order chi connectivity index (χ1) is 25.2. The first kappa shape index (κ1) is 49.4. The third-order valence-electron chi connectivity index (χ3n) is 6.26. The molecule has 0 aliphatic rings. The molecule has 0 unspecified atom stereocenters. The van der Waals surface area contributed by atoms with Gasteiger partial charge in [-0.3, -0.25) is 19.2 Å². The fourth-order valence-corrected chi connectivity index (χ4v) is 3.76. The second kappa shape index (κ2) is 36.7. The molecule has 1 amide bonds. The predicted octanol–water partition coefficient (Wildman–Crippen LogP) is -1.20. The Bertz CT molecular complexity index is 829. The van der Waals surface area contributed by atoms with Crippen molar-refractivity contribution in [2.24, 2.45) is 5.73 Å². The molecule has 0 aromatic carbocycles. The quantitative estimate of drug-likeness (QED) is 0.0457. The molecule has 0 atom stereocenters. The van der Waals surface area contributed by atoms with Gasteiger partial charge in [-0.25, -0.2) is 0 Å². The summed E-state index contributed by atoms with van der Waals surface area (Å²) >= 11 is 0. The molecule has 0 radical (unpaired) electrons.